The summed E-state index contributed by atoms with van der Waals surface area (Å²) in [4.78, 5) is 0. The molecule has 4 nitrogen and oxygen atoms in total. The standard InChI is InChI=1S/C28H22Cl3NO3S/c29-24-8-1-5-21(15-24)13-14-36(33,34)32(19-22-6-2-9-25(30)16-22)27-11-4-12-28(18-27)35-20-23-7-3-10-26(31)17-23/h1-18H,19-20H2/b14-13+. The summed E-state index contributed by atoms with van der Waals surface area (Å²) in [5, 5.41) is 2.84. The lowest BCUT2D eigenvalue weighted by Gasteiger charge is -2.23. The number of nitrogens with zero attached hydrogens (tertiary/aromatic N) is 1. The fourth-order valence-corrected chi connectivity index (χ4v) is 5.34. The average molecular weight is 559 g/mol. The van der Waals surface area contributed by atoms with Crippen LogP contribution in [0.25, 0.3) is 6.08 Å². The van der Waals surface area contributed by atoms with E-state index in [2.05, 4.69) is 0 Å². The number of hydrogen-bond donors (Lipinski definition) is 0. The molecule has 36 heavy (non-hydrogen) atoms. The number of hydrogen-bond acceptors (Lipinski definition) is 3. The van der Waals surface area contributed by atoms with Crippen molar-refractivity contribution in [1.29, 1.82) is 0 Å². The number of anilines is 1. The maximum Gasteiger partial charge on any atom is 0.257 e. The summed E-state index contributed by atoms with van der Waals surface area (Å²) in [6, 6.07) is 28.4. The molecule has 4 aromatic rings. The van der Waals surface area contributed by atoms with Crippen LogP contribution in [-0.2, 0) is 23.2 Å². The predicted molar refractivity (Wildman–Crippen MR) is 149 cm³/mol. The maximum absolute atomic E-state index is 13.5. The SMILES string of the molecule is O=S(=O)(/C=C/c1cccc(Cl)c1)N(Cc1cccc(Cl)c1)c1cccc(OCc2cccc(Cl)c2)c1. The summed E-state index contributed by atoms with van der Waals surface area (Å²) in [6.07, 6.45) is 1.52. The molecule has 0 aliphatic rings. The molecule has 0 radical (unpaired) electrons. The largest absolute Gasteiger partial charge is 0.489 e. The summed E-state index contributed by atoms with van der Waals surface area (Å²) in [6.45, 7) is 0.375. The third kappa shape index (κ3) is 7.28. The van der Waals surface area contributed by atoms with Crippen LogP contribution < -0.4 is 9.04 Å². The van der Waals surface area contributed by atoms with Crippen LogP contribution in [0.15, 0.2) is 102 Å². The van der Waals surface area contributed by atoms with Gasteiger partial charge in [0, 0.05) is 21.1 Å². The minimum absolute atomic E-state index is 0.0839. The van der Waals surface area contributed by atoms with Crippen LogP contribution in [0, 0.1) is 0 Å². The van der Waals surface area contributed by atoms with Crippen molar-refractivity contribution in [3.05, 3.63) is 134 Å². The fourth-order valence-electron chi connectivity index (χ4n) is 3.50. The van der Waals surface area contributed by atoms with Gasteiger partial charge in [-0.15, -0.1) is 0 Å². The van der Waals surface area contributed by atoms with E-state index in [1.165, 1.54) is 15.8 Å². The molecule has 0 heterocycles. The van der Waals surface area contributed by atoms with Crippen molar-refractivity contribution in [2.75, 3.05) is 4.31 Å². The quantitative estimate of drug-likeness (QED) is 0.208. The van der Waals surface area contributed by atoms with E-state index in [0.29, 0.717) is 38.7 Å². The van der Waals surface area contributed by atoms with Gasteiger partial charge in [-0.25, -0.2) is 8.42 Å². The first-order chi connectivity index (χ1) is 17.3. The van der Waals surface area contributed by atoms with E-state index in [0.717, 1.165) is 11.1 Å². The van der Waals surface area contributed by atoms with E-state index < -0.39 is 10.0 Å². The summed E-state index contributed by atoms with van der Waals surface area (Å²) >= 11 is 18.3. The first kappa shape index (κ1) is 26.1. The van der Waals surface area contributed by atoms with Gasteiger partial charge in [0.25, 0.3) is 10.0 Å². The lowest BCUT2D eigenvalue weighted by molar-refractivity contribution is 0.306. The Kier molecular flexibility index (Phi) is 8.60. The van der Waals surface area contributed by atoms with E-state index in [1.54, 1.807) is 72.8 Å². The molecule has 0 aliphatic carbocycles. The number of ether oxygens (including phenoxy) is 1. The highest BCUT2D eigenvalue weighted by Gasteiger charge is 2.21. The van der Waals surface area contributed by atoms with Crippen molar-refractivity contribution in [2.24, 2.45) is 0 Å². The van der Waals surface area contributed by atoms with Crippen LogP contribution in [-0.4, -0.2) is 8.42 Å². The normalized spacial score (nSPS) is 11.5. The third-order valence-corrected chi connectivity index (χ3v) is 7.34. The molecule has 0 bridgehead atoms. The lowest BCUT2D eigenvalue weighted by Crippen LogP contribution is -2.28. The van der Waals surface area contributed by atoms with Crippen LogP contribution >= 0.6 is 34.8 Å². The zero-order valence-corrected chi connectivity index (χ0v) is 22.1. The molecule has 4 aromatic carbocycles. The van der Waals surface area contributed by atoms with Gasteiger partial charge in [0.1, 0.15) is 12.4 Å². The van der Waals surface area contributed by atoms with Crippen molar-refractivity contribution >= 4 is 56.6 Å². The minimum atomic E-state index is -3.89. The van der Waals surface area contributed by atoms with E-state index in [-0.39, 0.29) is 6.54 Å². The fraction of sp³-hybridized carbons (Fsp3) is 0.0714. The van der Waals surface area contributed by atoms with Gasteiger partial charge >= 0.3 is 0 Å². The van der Waals surface area contributed by atoms with Crippen molar-refractivity contribution in [1.82, 2.24) is 0 Å². The van der Waals surface area contributed by atoms with Gasteiger partial charge in [-0.05, 0) is 71.3 Å². The molecule has 8 heteroatoms. The van der Waals surface area contributed by atoms with Crippen molar-refractivity contribution in [3.8, 4) is 5.75 Å². The van der Waals surface area contributed by atoms with Gasteiger partial charge in [0.15, 0.2) is 0 Å². The van der Waals surface area contributed by atoms with Gasteiger partial charge in [0.2, 0.25) is 0 Å². The highest BCUT2D eigenvalue weighted by atomic mass is 35.5. The Balaban J connectivity index is 1.64. The molecule has 0 saturated carbocycles. The molecule has 0 unspecified atom stereocenters. The molecule has 0 N–H and O–H groups in total. The van der Waals surface area contributed by atoms with Crippen molar-refractivity contribution in [3.63, 3.8) is 0 Å². The Morgan fingerprint density at radius 2 is 1.33 bits per heavy atom. The number of benzene rings is 4. The zero-order chi connectivity index (χ0) is 25.5. The highest BCUT2D eigenvalue weighted by Crippen LogP contribution is 2.28. The van der Waals surface area contributed by atoms with Crippen LogP contribution in [0.1, 0.15) is 16.7 Å². The van der Waals surface area contributed by atoms with Gasteiger partial charge in [0.05, 0.1) is 17.6 Å². The molecule has 0 fully saturated rings. The highest BCUT2D eigenvalue weighted by molar-refractivity contribution is 7.95. The molecule has 0 atom stereocenters. The molecule has 0 amide bonds. The second-order valence-corrected chi connectivity index (χ2v) is 11.0. The van der Waals surface area contributed by atoms with Crippen molar-refractivity contribution < 1.29 is 13.2 Å². The maximum atomic E-state index is 13.5. The topological polar surface area (TPSA) is 46.6 Å². The van der Waals surface area contributed by atoms with E-state index >= 15 is 0 Å². The van der Waals surface area contributed by atoms with E-state index in [4.69, 9.17) is 39.5 Å². The van der Waals surface area contributed by atoms with Gasteiger partial charge < -0.3 is 4.74 Å². The second kappa shape index (κ2) is 11.8. The Labute approximate surface area is 226 Å². The number of rotatable bonds is 9. The third-order valence-electron chi connectivity index (χ3n) is 5.20. The Hall–Kier alpha value is -2.96. The Morgan fingerprint density at radius 1 is 0.722 bits per heavy atom. The molecule has 4 rings (SSSR count). The lowest BCUT2D eigenvalue weighted by atomic mass is 10.2. The van der Waals surface area contributed by atoms with Crippen LogP contribution in [0.2, 0.25) is 15.1 Å². The summed E-state index contributed by atoms with van der Waals surface area (Å²) in [7, 11) is -3.89. The summed E-state index contributed by atoms with van der Waals surface area (Å²) < 4.78 is 34.3. The Bertz CT molecular complexity index is 1490. The summed E-state index contributed by atoms with van der Waals surface area (Å²) in [5.74, 6) is 0.526. The van der Waals surface area contributed by atoms with E-state index in [1.807, 2.05) is 24.3 Å². The monoisotopic (exact) mass is 557 g/mol. The second-order valence-electron chi connectivity index (χ2n) is 7.96. The molecule has 0 aromatic heterocycles. The van der Waals surface area contributed by atoms with Gasteiger partial charge in [-0.3, -0.25) is 4.31 Å². The molecule has 184 valence electrons. The first-order valence-electron chi connectivity index (χ1n) is 11.0. The summed E-state index contributed by atoms with van der Waals surface area (Å²) in [5.41, 5.74) is 2.77. The van der Waals surface area contributed by atoms with Gasteiger partial charge in [-0.1, -0.05) is 77.3 Å². The molecular formula is C28H22Cl3NO3S. The molecule has 0 aliphatic heterocycles. The predicted octanol–water partition coefficient (Wildman–Crippen LogP) is 8.23. The molecular weight excluding hydrogens is 537 g/mol. The van der Waals surface area contributed by atoms with Crippen LogP contribution in [0.4, 0.5) is 5.69 Å². The van der Waals surface area contributed by atoms with Crippen LogP contribution in [0.3, 0.4) is 0 Å². The minimum Gasteiger partial charge on any atom is -0.489 e. The number of halogens is 3. The molecule has 0 saturated heterocycles. The first-order valence-corrected chi connectivity index (χ1v) is 13.6. The average Bonchev–Trinajstić information content (AvgIpc) is 2.85. The zero-order valence-electron chi connectivity index (χ0n) is 19.0. The molecule has 0 spiro atoms. The van der Waals surface area contributed by atoms with Crippen molar-refractivity contribution in [2.45, 2.75) is 13.2 Å². The van der Waals surface area contributed by atoms with E-state index in [9.17, 15) is 8.42 Å². The number of sulfonamides is 1. The van der Waals surface area contributed by atoms with Crippen LogP contribution in [0.5, 0.6) is 5.75 Å². The smallest absolute Gasteiger partial charge is 0.257 e. The Morgan fingerprint density at radius 3 is 2.03 bits per heavy atom. The van der Waals surface area contributed by atoms with Gasteiger partial charge in [-0.2, -0.15) is 0 Å².